The quantitative estimate of drug-likeness (QED) is 0.496. The van der Waals surface area contributed by atoms with Gasteiger partial charge in [-0.25, -0.2) is 4.79 Å². The van der Waals surface area contributed by atoms with Gasteiger partial charge in [0.05, 0.1) is 0 Å². The summed E-state index contributed by atoms with van der Waals surface area (Å²) in [6.45, 7) is 1.78. The van der Waals surface area contributed by atoms with Gasteiger partial charge in [-0.1, -0.05) is 0 Å². The van der Waals surface area contributed by atoms with Crippen LogP contribution in [0.2, 0.25) is 0 Å². The van der Waals surface area contributed by atoms with Gasteiger partial charge in [0.15, 0.2) is 5.60 Å². The Morgan fingerprint density at radius 1 is 1.73 bits per heavy atom. The van der Waals surface area contributed by atoms with E-state index >= 15 is 0 Å². The maximum Gasteiger partial charge on any atom is 0.336 e. The van der Waals surface area contributed by atoms with Gasteiger partial charge in [0.25, 0.3) is 0 Å². The molecule has 11 heavy (non-hydrogen) atoms. The van der Waals surface area contributed by atoms with Crippen LogP contribution in [0.1, 0.15) is 6.92 Å². The number of nitrogens with two attached hydrogens (primary N) is 1. The summed E-state index contributed by atoms with van der Waals surface area (Å²) in [5.41, 5.74) is 3.56. The van der Waals surface area contributed by atoms with Crippen molar-refractivity contribution in [1.82, 2.24) is 0 Å². The van der Waals surface area contributed by atoms with Crippen LogP contribution in [0.25, 0.3) is 0 Å². The number of carbonyl (C=O) groups is 1. The van der Waals surface area contributed by atoms with Crippen LogP contribution < -0.4 is 5.73 Å². The van der Waals surface area contributed by atoms with Gasteiger partial charge in [0.1, 0.15) is 0 Å². The van der Waals surface area contributed by atoms with Crippen LogP contribution in [0, 0.1) is 0 Å². The van der Waals surface area contributed by atoms with Gasteiger partial charge in [-0.3, -0.25) is 0 Å². The molecule has 0 aliphatic heterocycles. The van der Waals surface area contributed by atoms with Crippen molar-refractivity contribution in [3.05, 3.63) is 0 Å². The summed E-state index contributed by atoms with van der Waals surface area (Å²) in [4.78, 5) is 10.3. The predicted molar refractivity (Wildman–Crippen MR) is 44.6 cm³/mol. The highest BCUT2D eigenvalue weighted by Gasteiger charge is 2.29. The number of thioether (sulfide) groups is 1. The molecule has 1 unspecified atom stereocenters. The first kappa shape index (κ1) is 10.7. The van der Waals surface area contributed by atoms with Crippen molar-refractivity contribution in [3.63, 3.8) is 0 Å². The zero-order chi connectivity index (χ0) is 8.91. The smallest absolute Gasteiger partial charge is 0.336 e. The van der Waals surface area contributed by atoms with Gasteiger partial charge in [0.2, 0.25) is 0 Å². The summed E-state index contributed by atoms with van der Waals surface area (Å²) in [5.74, 6) is -0.342. The molecule has 0 aliphatic rings. The zero-order valence-electron chi connectivity index (χ0n) is 6.41. The van der Waals surface area contributed by atoms with Gasteiger partial charge >= 0.3 is 5.97 Å². The number of hydrogen-bond acceptors (Lipinski definition) is 4. The van der Waals surface area contributed by atoms with Crippen molar-refractivity contribution in [2.45, 2.75) is 12.5 Å². The third-order valence-electron chi connectivity index (χ3n) is 1.11. The minimum atomic E-state index is -1.63. The van der Waals surface area contributed by atoms with Gasteiger partial charge in [-0.15, -0.1) is 0 Å². The van der Waals surface area contributed by atoms with E-state index in [0.29, 0.717) is 12.3 Å². The largest absolute Gasteiger partial charge is 0.479 e. The van der Waals surface area contributed by atoms with E-state index in [2.05, 4.69) is 0 Å². The lowest BCUT2D eigenvalue weighted by atomic mass is 10.1. The fraction of sp³-hybridized carbons (Fsp3) is 0.833. The zero-order valence-corrected chi connectivity index (χ0v) is 7.23. The molecule has 0 aromatic rings. The van der Waals surface area contributed by atoms with E-state index in [9.17, 15) is 4.79 Å². The van der Waals surface area contributed by atoms with E-state index < -0.39 is 11.6 Å². The summed E-state index contributed by atoms with van der Waals surface area (Å²) in [6, 6.07) is 0. The van der Waals surface area contributed by atoms with Crippen molar-refractivity contribution in [1.29, 1.82) is 0 Å². The Kier molecular flexibility index (Phi) is 4.48. The predicted octanol–water partition coefficient (Wildman–Crippen LogP) is -0.486. The van der Waals surface area contributed by atoms with Crippen LogP contribution in [0.5, 0.6) is 0 Å². The molecular weight excluding hydrogens is 166 g/mol. The second-order valence-corrected chi connectivity index (χ2v) is 3.53. The molecule has 0 rings (SSSR count). The number of carboxylic acid groups (broad SMARTS) is 1. The average Bonchev–Trinajstić information content (AvgIpc) is 1.88. The first-order chi connectivity index (χ1) is 5.00. The van der Waals surface area contributed by atoms with Crippen molar-refractivity contribution in [3.8, 4) is 0 Å². The van der Waals surface area contributed by atoms with Gasteiger partial charge in [-0.05, 0) is 6.92 Å². The molecule has 4 N–H and O–H groups in total. The third kappa shape index (κ3) is 4.23. The Hall–Kier alpha value is -0.260. The first-order valence-electron chi connectivity index (χ1n) is 3.24. The van der Waals surface area contributed by atoms with Crippen molar-refractivity contribution < 1.29 is 15.0 Å². The third-order valence-corrected chi connectivity index (χ3v) is 2.40. The standard InChI is InChI=1S/C6H13NO3S/c1-6(10,5(8)9)4-11-3-2-7/h10H,2-4,7H2,1H3,(H,8,9). The molecule has 66 valence electrons. The molecule has 0 aliphatic carbocycles. The van der Waals surface area contributed by atoms with E-state index in [0.717, 1.165) is 0 Å². The monoisotopic (exact) mass is 179 g/mol. The molecule has 4 nitrogen and oxygen atoms in total. The van der Waals surface area contributed by atoms with Gasteiger partial charge in [-0.2, -0.15) is 11.8 Å². The molecule has 0 bridgehead atoms. The van der Waals surface area contributed by atoms with Crippen LogP contribution in [0.4, 0.5) is 0 Å². The van der Waals surface area contributed by atoms with Crippen molar-refractivity contribution >= 4 is 17.7 Å². The fourth-order valence-corrected chi connectivity index (χ4v) is 1.25. The lowest BCUT2D eigenvalue weighted by Crippen LogP contribution is -2.37. The topological polar surface area (TPSA) is 83.5 Å². The number of aliphatic hydroxyl groups is 1. The van der Waals surface area contributed by atoms with Crippen molar-refractivity contribution in [2.75, 3.05) is 18.1 Å². The number of aliphatic carboxylic acids is 1. The molecule has 0 amide bonds. The van der Waals surface area contributed by atoms with Crippen LogP contribution >= 0.6 is 11.8 Å². The van der Waals surface area contributed by atoms with E-state index in [1.165, 1.54) is 18.7 Å². The number of rotatable bonds is 5. The number of carboxylic acids is 1. The SMILES string of the molecule is CC(O)(CSCCN)C(=O)O. The maximum absolute atomic E-state index is 10.3. The summed E-state index contributed by atoms with van der Waals surface area (Å²) < 4.78 is 0. The Morgan fingerprint density at radius 2 is 2.27 bits per heavy atom. The molecule has 0 saturated heterocycles. The Bertz CT molecular complexity index is 138. The molecule has 1 atom stereocenters. The highest BCUT2D eigenvalue weighted by Crippen LogP contribution is 2.12. The lowest BCUT2D eigenvalue weighted by molar-refractivity contribution is -0.154. The molecule has 5 heteroatoms. The van der Waals surface area contributed by atoms with Crippen LogP contribution in [0.3, 0.4) is 0 Å². The summed E-state index contributed by atoms with van der Waals surface area (Å²) in [5, 5.41) is 17.6. The molecule has 0 spiro atoms. The van der Waals surface area contributed by atoms with Gasteiger partial charge < -0.3 is 15.9 Å². The number of hydrogen-bond donors (Lipinski definition) is 3. The van der Waals surface area contributed by atoms with E-state index in [-0.39, 0.29) is 5.75 Å². The second-order valence-electron chi connectivity index (χ2n) is 2.42. The maximum atomic E-state index is 10.3. The molecule has 0 radical (unpaired) electrons. The molecule has 0 aromatic heterocycles. The Balaban J connectivity index is 3.64. The molecule has 0 fully saturated rings. The van der Waals surface area contributed by atoms with E-state index in [4.69, 9.17) is 15.9 Å². The average molecular weight is 179 g/mol. The van der Waals surface area contributed by atoms with Crippen LogP contribution in [-0.2, 0) is 4.79 Å². The summed E-state index contributed by atoms with van der Waals surface area (Å²) >= 11 is 1.33. The normalized spacial score (nSPS) is 15.9. The highest BCUT2D eigenvalue weighted by molar-refractivity contribution is 7.99. The second kappa shape index (κ2) is 4.58. The highest BCUT2D eigenvalue weighted by atomic mass is 32.2. The van der Waals surface area contributed by atoms with Gasteiger partial charge in [0, 0.05) is 18.1 Å². The van der Waals surface area contributed by atoms with Crippen LogP contribution in [0.15, 0.2) is 0 Å². The lowest BCUT2D eigenvalue weighted by Gasteiger charge is -2.16. The van der Waals surface area contributed by atoms with Crippen molar-refractivity contribution in [2.24, 2.45) is 5.73 Å². The Morgan fingerprint density at radius 3 is 2.64 bits per heavy atom. The van der Waals surface area contributed by atoms with E-state index in [1.807, 2.05) is 0 Å². The molecule has 0 heterocycles. The Labute approximate surface area is 69.8 Å². The van der Waals surface area contributed by atoms with Crippen LogP contribution in [-0.4, -0.2) is 39.8 Å². The molecule has 0 saturated carbocycles. The summed E-state index contributed by atoms with van der Waals surface area (Å²) in [6.07, 6.45) is 0. The minimum absolute atomic E-state index is 0.180. The summed E-state index contributed by atoms with van der Waals surface area (Å²) in [7, 11) is 0. The molecular formula is C6H13NO3S. The minimum Gasteiger partial charge on any atom is -0.479 e. The molecule has 0 aromatic carbocycles. The van der Waals surface area contributed by atoms with E-state index in [1.54, 1.807) is 0 Å². The first-order valence-corrected chi connectivity index (χ1v) is 4.40. The fourth-order valence-electron chi connectivity index (χ4n) is 0.416.